The van der Waals surface area contributed by atoms with Gasteiger partial charge in [-0.1, -0.05) is 18.2 Å². The maximum atomic E-state index is 4.36. The molecule has 14 heavy (non-hydrogen) atoms. The van der Waals surface area contributed by atoms with Gasteiger partial charge in [-0.2, -0.15) is 0 Å². The van der Waals surface area contributed by atoms with Crippen molar-refractivity contribution < 1.29 is 0 Å². The Bertz CT molecular complexity index is 564. The molecule has 0 unspecified atom stereocenters. The number of anilines is 1. The Kier molecular flexibility index (Phi) is 1.43. The van der Waals surface area contributed by atoms with Gasteiger partial charge in [0.25, 0.3) is 0 Å². The summed E-state index contributed by atoms with van der Waals surface area (Å²) in [7, 11) is 0. The predicted octanol–water partition coefficient (Wildman–Crippen LogP) is 2.79. The quantitative estimate of drug-likeness (QED) is 0.630. The fourth-order valence-corrected chi connectivity index (χ4v) is 1.68. The summed E-state index contributed by atoms with van der Waals surface area (Å²) < 4.78 is 0. The maximum absolute atomic E-state index is 4.36. The fourth-order valence-electron chi connectivity index (χ4n) is 1.68. The standard InChI is InChI=1S/C12H8N2/c1-3-9-5-6-10-4-2-8-14-12(10)11(9)13-7-1/h1,3-8,14H. The first-order chi connectivity index (χ1) is 6.95. The molecular formula is C12H8N2. The van der Waals surface area contributed by atoms with Crippen molar-refractivity contribution in [1.82, 2.24) is 4.98 Å². The molecule has 0 amide bonds. The lowest BCUT2D eigenvalue weighted by atomic mass is 10.1. The molecule has 1 aliphatic rings. The summed E-state index contributed by atoms with van der Waals surface area (Å²) in [5, 5.41) is 4.33. The molecule has 0 saturated heterocycles. The van der Waals surface area contributed by atoms with E-state index in [9.17, 15) is 0 Å². The van der Waals surface area contributed by atoms with Crippen molar-refractivity contribution in [1.29, 1.82) is 0 Å². The van der Waals surface area contributed by atoms with Crippen LogP contribution in [0.5, 0.6) is 0 Å². The van der Waals surface area contributed by atoms with Gasteiger partial charge in [-0.15, -0.1) is 5.73 Å². The van der Waals surface area contributed by atoms with Gasteiger partial charge in [0, 0.05) is 23.3 Å². The van der Waals surface area contributed by atoms with Crippen LogP contribution in [0.1, 0.15) is 5.56 Å². The second-order valence-corrected chi connectivity index (χ2v) is 3.20. The molecule has 2 nitrogen and oxygen atoms in total. The molecular weight excluding hydrogens is 172 g/mol. The molecule has 0 atom stereocenters. The average molecular weight is 180 g/mol. The lowest BCUT2D eigenvalue weighted by Gasteiger charge is -2.10. The number of fused-ring (bicyclic) bond motifs is 3. The summed E-state index contributed by atoms with van der Waals surface area (Å²) in [6.45, 7) is 0. The third kappa shape index (κ3) is 0.951. The van der Waals surface area contributed by atoms with Crippen molar-refractivity contribution in [3.63, 3.8) is 0 Å². The molecule has 0 bridgehead atoms. The summed E-state index contributed by atoms with van der Waals surface area (Å²) in [6, 6.07) is 8.16. The smallest absolute Gasteiger partial charge is 0.0943 e. The van der Waals surface area contributed by atoms with Crippen molar-refractivity contribution in [3.05, 3.63) is 48.0 Å². The predicted molar refractivity (Wildman–Crippen MR) is 57.9 cm³/mol. The molecule has 1 aliphatic heterocycles. The van der Waals surface area contributed by atoms with Crippen LogP contribution in [-0.2, 0) is 0 Å². The van der Waals surface area contributed by atoms with E-state index in [4.69, 9.17) is 0 Å². The summed E-state index contributed by atoms with van der Waals surface area (Å²) in [5.74, 6) is 0. The maximum Gasteiger partial charge on any atom is 0.0943 e. The van der Waals surface area contributed by atoms with E-state index in [0.717, 1.165) is 22.2 Å². The Morgan fingerprint density at radius 1 is 1.21 bits per heavy atom. The van der Waals surface area contributed by atoms with E-state index >= 15 is 0 Å². The zero-order valence-electron chi connectivity index (χ0n) is 7.49. The van der Waals surface area contributed by atoms with Gasteiger partial charge in [0.15, 0.2) is 0 Å². The van der Waals surface area contributed by atoms with Crippen LogP contribution >= 0.6 is 0 Å². The van der Waals surface area contributed by atoms with Crippen LogP contribution < -0.4 is 5.32 Å². The van der Waals surface area contributed by atoms with E-state index < -0.39 is 0 Å². The van der Waals surface area contributed by atoms with Crippen molar-refractivity contribution in [2.75, 3.05) is 5.32 Å². The van der Waals surface area contributed by atoms with Crippen LogP contribution in [0.4, 0.5) is 5.69 Å². The number of rotatable bonds is 0. The molecule has 1 aromatic heterocycles. The van der Waals surface area contributed by atoms with E-state index in [1.54, 1.807) is 6.20 Å². The number of aromatic nitrogens is 1. The number of hydrogen-bond acceptors (Lipinski definition) is 2. The van der Waals surface area contributed by atoms with Gasteiger partial charge in [0.1, 0.15) is 0 Å². The molecule has 0 fully saturated rings. The minimum absolute atomic E-state index is 1.01. The minimum atomic E-state index is 1.01. The first kappa shape index (κ1) is 7.36. The van der Waals surface area contributed by atoms with Crippen LogP contribution in [0.3, 0.4) is 0 Å². The number of hydrogen-bond donors (Lipinski definition) is 1. The first-order valence-electron chi connectivity index (χ1n) is 4.50. The molecule has 2 heterocycles. The second kappa shape index (κ2) is 2.72. The summed E-state index contributed by atoms with van der Waals surface area (Å²) >= 11 is 0. The number of nitrogens with zero attached hydrogens (tertiary/aromatic N) is 1. The molecule has 2 aromatic rings. The van der Waals surface area contributed by atoms with Crippen LogP contribution in [0.25, 0.3) is 17.0 Å². The Hall–Kier alpha value is -2.05. The number of pyridine rings is 1. The molecule has 3 rings (SSSR count). The molecule has 1 N–H and O–H groups in total. The SMILES string of the molecule is C1=CNc2c(ccc3cccnc23)C=1. The third-order valence-corrected chi connectivity index (χ3v) is 2.35. The molecule has 2 heteroatoms. The summed E-state index contributed by atoms with van der Waals surface area (Å²) in [6.07, 6.45) is 5.57. The Morgan fingerprint density at radius 3 is 3.21 bits per heavy atom. The number of nitrogens with one attached hydrogen (secondary N) is 1. The van der Waals surface area contributed by atoms with Crippen LogP contribution in [0, 0.1) is 0 Å². The second-order valence-electron chi connectivity index (χ2n) is 3.20. The molecule has 0 spiro atoms. The molecule has 66 valence electrons. The average Bonchev–Trinajstić information content (AvgIpc) is 2.29. The van der Waals surface area contributed by atoms with Crippen LogP contribution in [0.2, 0.25) is 0 Å². The number of benzene rings is 1. The van der Waals surface area contributed by atoms with Crippen LogP contribution in [0.15, 0.2) is 42.4 Å². The topological polar surface area (TPSA) is 24.9 Å². The van der Waals surface area contributed by atoms with Crippen molar-refractivity contribution in [2.45, 2.75) is 0 Å². The van der Waals surface area contributed by atoms with Gasteiger partial charge in [0.05, 0.1) is 11.2 Å². The van der Waals surface area contributed by atoms with E-state index in [1.807, 2.05) is 18.3 Å². The monoisotopic (exact) mass is 180 g/mol. The zero-order valence-corrected chi connectivity index (χ0v) is 7.49. The highest BCUT2D eigenvalue weighted by Crippen LogP contribution is 2.27. The van der Waals surface area contributed by atoms with Gasteiger partial charge in [-0.25, -0.2) is 0 Å². The molecule has 0 aliphatic carbocycles. The first-order valence-corrected chi connectivity index (χ1v) is 4.50. The molecule has 1 aromatic carbocycles. The normalized spacial score (nSPS) is 12.6. The Morgan fingerprint density at radius 2 is 2.21 bits per heavy atom. The van der Waals surface area contributed by atoms with Crippen molar-refractivity contribution in [3.8, 4) is 0 Å². The summed E-state index contributed by atoms with van der Waals surface area (Å²) in [5.41, 5.74) is 6.24. The summed E-state index contributed by atoms with van der Waals surface area (Å²) in [4.78, 5) is 4.36. The van der Waals surface area contributed by atoms with Gasteiger partial charge in [-0.05, 0) is 12.1 Å². The van der Waals surface area contributed by atoms with E-state index in [0.29, 0.717) is 0 Å². The highest BCUT2D eigenvalue weighted by molar-refractivity contribution is 5.95. The van der Waals surface area contributed by atoms with Crippen molar-refractivity contribution >= 4 is 22.7 Å². The highest BCUT2D eigenvalue weighted by Gasteiger charge is 2.06. The fraction of sp³-hybridized carbons (Fsp3) is 0. The van der Waals surface area contributed by atoms with Gasteiger partial charge < -0.3 is 5.32 Å². The van der Waals surface area contributed by atoms with Crippen LogP contribution in [-0.4, -0.2) is 4.98 Å². The van der Waals surface area contributed by atoms with Crippen molar-refractivity contribution in [2.24, 2.45) is 0 Å². The highest BCUT2D eigenvalue weighted by atomic mass is 14.9. The van der Waals surface area contributed by atoms with E-state index in [-0.39, 0.29) is 0 Å². The van der Waals surface area contributed by atoms with Gasteiger partial charge >= 0.3 is 0 Å². The Labute approximate surface area is 81.6 Å². The third-order valence-electron chi connectivity index (χ3n) is 2.35. The molecule has 0 radical (unpaired) electrons. The van der Waals surface area contributed by atoms with Gasteiger partial charge in [-0.3, -0.25) is 4.98 Å². The van der Waals surface area contributed by atoms with E-state index in [1.165, 1.54) is 0 Å². The largest absolute Gasteiger partial charge is 0.353 e. The Balaban J connectivity index is 2.44. The minimum Gasteiger partial charge on any atom is -0.353 e. The van der Waals surface area contributed by atoms with Gasteiger partial charge in [0.2, 0.25) is 0 Å². The lowest BCUT2D eigenvalue weighted by molar-refractivity contribution is 1.40. The zero-order chi connectivity index (χ0) is 9.38. The molecule has 0 saturated carbocycles. The van der Waals surface area contributed by atoms with E-state index in [2.05, 4.69) is 34.2 Å². The lowest BCUT2D eigenvalue weighted by Crippen LogP contribution is -1.95.